The molecule has 0 spiro atoms. The summed E-state index contributed by atoms with van der Waals surface area (Å²) in [5.74, 6) is 0. The van der Waals surface area contributed by atoms with Crippen LogP contribution in [0.2, 0.25) is 19.6 Å². The number of hydrogen-bond acceptors (Lipinski definition) is 1. The Balaban J connectivity index is -0.0000000800. The summed E-state index contributed by atoms with van der Waals surface area (Å²) in [6.45, 7) is 5.31. The van der Waals surface area contributed by atoms with Gasteiger partial charge in [-0.05, 0) is 0 Å². The Morgan fingerprint density at radius 3 is 1.14 bits per heavy atom. The van der Waals surface area contributed by atoms with Crippen molar-refractivity contribution in [3.63, 3.8) is 0 Å². The second-order valence-electron chi connectivity index (χ2n) is 2.11. The van der Waals surface area contributed by atoms with Crippen molar-refractivity contribution in [3.8, 4) is 0 Å². The van der Waals surface area contributed by atoms with E-state index in [9.17, 15) is 4.80 Å². The maximum Gasteiger partial charge on any atom is 2.00 e. The van der Waals surface area contributed by atoms with Crippen molar-refractivity contribution in [2.45, 2.75) is 19.6 Å². The van der Waals surface area contributed by atoms with Crippen molar-refractivity contribution in [2.24, 2.45) is 0 Å². The van der Waals surface area contributed by atoms with Gasteiger partial charge in [-0.15, -0.1) is 0 Å². The van der Waals surface area contributed by atoms with Gasteiger partial charge in [0.05, 0.1) is 0 Å². The summed E-state index contributed by atoms with van der Waals surface area (Å²) in [5.41, 5.74) is 0. The molecule has 0 aromatic carbocycles. The Morgan fingerprint density at radius 2 is 1.14 bits per heavy atom. The zero-order valence-corrected chi connectivity index (χ0v) is 9.57. The quantitative estimate of drug-likeness (QED) is 0.323. The first-order valence-electron chi connectivity index (χ1n) is 1.70. The molecule has 7 heavy (non-hydrogen) atoms. The van der Waals surface area contributed by atoms with Crippen molar-refractivity contribution in [1.29, 1.82) is 0 Å². The molecule has 0 rings (SSSR count). The van der Waals surface area contributed by atoms with E-state index in [1.165, 1.54) is 0 Å². The van der Waals surface area contributed by atoms with Crippen LogP contribution in [0.15, 0.2) is 0 Å². The Kier molecular flexibility index (Phi) is 13.2. The molecule has 0 bridgehead atoms. The Hall–Kier alpha value is 1.67. The van der Waals surface area contributed by atoms with Crippen LogP contribution in [0.5, 0.6) is 0 Å². The summed E-state index contributed by atoms with van der Waals surface area (Å²) in [7, 11) is -1.86. The van der Waals surface area contributed by atoms with E-state index in [1.54, 1.807) is 19.6 Å². The van der Waals surface area contributed by atoms with Gasteiger partial charge in [0, 0.05) is 0 Å². The summed E-state index contributed by atoms with van der Waals surface area (Å²) in [5, 5.41) is 0. The molecular formula is C3H9IMgOSi. The zero-order valence-electron chi connectivity index (χ0n) is 4.99. The van der Waals surface area contributed by atoms with Crippen molar-refractivity contribution in [1.82, 2.24) is 0 Å². The van der Waals surface area contributed by atoms with Gasteiger partial charge in [-0.1, -0.05) is 28.0 Å². The fraction of sp³-hybridized carbons (Fsp3) is 1.00. The summed E-state index contributed by atoms with van der Waals surface area (Å²) in [6, 6.07) is 0. The molecule has 0 aliphatic heterocycles. The summed E-state index contributed by atoms with van der Waals surface area (Å²) < 4.78 is 0. The molecule has 0 atom stereocenters. The van der Waals surface area contributed by atoms with E-state index in [-0.39, 0.29) is 47.0 Å². The Bertz CT molecular complexity index is 30.4. The molecular weight excluding hydrogens is 231 g/mol. The average molecular weight is 240 g/mol. The van der Waals surface area contributed by atoms with Crippen molar-refractivity contribution >= 4 is 31.4 Å². The molecule has 1 nitrogen and oxygen atoms in total. The van der Waals surface area contributed by atoms with Crippen molar-refractivity contribution in [2.75, 3.05) is 0 Å². The minimum absolute atomic E-state index is 0. The topological polar surface area (TPSA) is 23.1 Å². The number of rotatable bonds is 0. The van der Waals surface area contributed by atoms with E-state index in [0.29, 0.717) is 0 Å². The van der Waals surface area contributed by atoms with E-state index in [1.807, 2.05) is 0 Å². The third kappa shape index (κ3) is 88.2. The van der Waals surface area contributed by atoms with Gasteiger partial charge in [0.25, 0.3) is 0 Å². The molecule has 40 valence electrons. The standard InChI is InChI=1S/C3H9OSi.HI.Mg/c1-5(2,3)4;;/h1-3H3;1H;/q-1;;+2/p-1. The van der Waals surface area contributed by atoms with Crippen LogP contribution < -0.4 is 28.8 Å². The molecule has 0 amide bonds. The molecule has 0 aromatic rings. The molecule has 0 aliphatic rings. The second-order valence-corrected chi connectivity index (χ2v) is 6.34. The van der Waals surface area contributed by atoms with Gasteiger partial charge in [0.2, 0.25) is 0 Å². The predicted molar refractivity (Wildman–Crippen MR) is 29.1 cm³/mol. The largest absolute Gasteiger partial charge is 2.00 e. The van der Waals surface area contributed by atoms with Gasteiger partial charge in [-0.2, -0.15) is 0 Å². The fourth-order valence-electron chi connectivity index (χ4n) is 0. The molecule has 0 radical (unpaired) electrons. The van der Waals surface area contributed by atoms with Gasteiger partial charge in [0.15, 0.2) is 0 Å². The summed E-state index contributed by atoms with van der Waals surface area (Å²) >= 11 is 0. The minimum atomic E-state index is -1.86. The van der Waals surface area contributed by atoms with E-state index < -0.39 is 8.32 Å². The van der Waals surface area contributed by atoms with E-state index in [4.69, 9.17) is 0 Å². The van der Waals surface area contributed by atoms with Crippen LogP contribution in [-0.2, 0) is 0 Å². The number of halogens is 1. The molecule has 4 heteroatoms. The number of hydrogen-bond donors (Lipinski definition) is 0. The van der Waals surface area contributed by atoms with Crippen LogP contribution in [0.1, 0.15) is 0 Å². The molecule has 0 aromatic heterocycles. The van der Waals surface area contributed by atoms with E-state index >= 15 is 0 Å². The predicted octanol–water partition coefficient (Wildman–Crippen LogP) is -3.20. The molecule has 0 saturated heterocycles. The van der Waals surface area contributed by atoms with Gasteiger partial charge in [-0.25, -0.2) is 0 Å². The molecule has 0 fully saturated rings. The third-order valence-corrected chi connectivity index (χ3v) is 0. The first-order chi connectivity index (χ1) is 2.00. The SMILES string of the molecule is C[Si](C)(C)[O-].[I-].[Mg+2]. The van der Waals surface area contributed by atoms with Crippen LogP contribution in [0.3, 0.4) is 0 Å². The molecule has 0 N–H and O–H groups in total. The first kappa shape index (κ1) is 15.9. The smallest absolute Gasteiger partial charge is 1.00 e. The van der Waals surface area contributed by atoms with E-state index in [0.717, 1.165) is 0 Å². The summed E-state index contributed by atoms with van der Waals surface area (Å²) in [6.07, 6.45) is 0. The van der Waals surface area contributed by atoms with Crippen LogP contribution in [0.25, 0.3) is 0 Å². The van der Waals surface area contributed by atoms with Crippen LogP contribution in [0, 0.1) is 0 Å². The Morgan fingerprint density at radius 1 is 1.14 bits per heavy atom. The minimum Gasteiger partial charge on any atom is -1.00 e. The molecule has 0 aliphatic carbocycles. The molecule has 0 saturated carbocycles. The first-order valence-corrected chi connectivity index (χ1v) is 5.11. The van der Waals surface area contributed by atoms with Crippen molar-refractivity contribution < 1.29 is 28.8 Å². The Labute approximate surface area is 79.2 Å². The molecule has 0 heterocycles. The van der Waals surface area contributed by atoms with Crippen LogP contribution >= 0.6 is 0 Å². The second kappa shape index (κ2) is 5.80. The zero-order chi connectivity index (χ0) is 4.50. The maximum atomic E-state index is 10.2. The fourth-order valence-corrected chi connectivity index (χ4v) is 0. The van der Waals surface area contributed by atoms with Crippen LogP contribution in [0.4, 0.5) is 0 Å². The normalized spacial score (nSPS) is 8.57. The van der Waals surface area contributed by atoms with Gasteiger partial charge >= 0.3 is 23.1 Å². The maximum absolute atomic E-state index is 10.2. The third-order valence-electron chi connectivity index (χ3n) is 0. The van der Waals surface area contributed by atoms with Gasteiger partial charge < -0.3 is 28.8 Å². The van der Waals surface area contributed by atoms with E-state index in [2.05, 4.69) is 0 Å². The molecule has 0 unspecified atom stereocenters. The van der Waals surface area contributed by atoms with Crippen LogP contribution in [-0.4, -0.2) is 31.4 Å². The van der Waals surface area contributed by atoms with Gasteiger partial charge in [0.1, 0.15) is 0 Å². The average Bonchev–Trinajstić information content (AvgIpc) is 0.722. The monoisotopic (exact) mass is 240 g/mol. The van der Waals surface area contributed by atoms with Crippen molar-refractivity contribution in [3.05, 3.63) is 0 Å². The summed E-state index contributed by atoms with van der Waals surface area (Å²) in [4.78, 5) is 10.2. The van der Waals surface area contributed by atoms with Gasteiger partial charge in [-0.3, -0.25) is 0 Å².